The van der Waals surface area contributed by atoms with E-state index in [1.165, 1.54) is 16.9 Å². The van der Waals surface area contributed by atoms with Crippen LogP contribution in [-0.2, 0) is 16.0 Å². The van der Waals surface area contributed by atoms with E-state index in [2.05, 4.69) is 10.2 Å². The second-order valence-corrected chi connectivity index (χ2v) is 11.5. The van der Waals surface area contributed by atoms with Crippen LogP contribution < -0.4 is 5.32 Å². The first-order chi connectivity index (χ1) is 19.0. The van der Waals surface area contributed by atoms with Crippen molar-refractivity contribution in [2.75, 3.05) is 51.3 Å². The summed E-state index contributed by atoms with van der Waals surface area (Å²) in [6, 6.07) is 17.5. The molecule has 2 amide bonds. The molecule has 3 aromatic rings. The van der Waals surface area contributed by atoms with E-state index in [9.17, 15) is 14.7 Å². The second kappa shape index (κ2) is 12.8. The number of morpholine rings is 1. The van der Waals surface area contributed by atoms with E-state index in [0.717, 1.165) is 54.8 Å². The van der Waals surface area contributed by atoms with Crippen LogP contribution in [0.1, 0.15) is 40.7 Å². The molecule has 2 aliphatic rings. The minimum atomic E-state index is -0.0746. The molecule has 0 radical (unpaired) electrons. The summed E-state index contributed by atoms with van der Waals surface area (Å²) in [4.78, 5) is 31.8. The topological polar surface area (TPSA) is 82.1 Å². The molecule has 0 atom stereocenters. The van der Waals surface area contributed by atoms with Gasteiger partial charge in [0.25, 0.3) is 5.91 Å². The zero-order chi connectivity index (χ0) is 27.2. The first-order valence-electron chi connectivity index (χ1n) is 13.8. The van der Waals surface area contributed by atoms with Gasteiger partial charge in [-0.25, -0.2) is 0 Å². The normalized spacial score (nSPS) is 16.8. The number of likely N-dealkylation sites (tertiary alicyclic amines) is 1. The highest BCUT2D eigenvalue weighted by Crippen LogP contribution is 2.40. The maximum atomic E-state index is 13.6. The van der Waals surface area contributed by atoms with Crippen molar-refractivity contribution in [3.8, 4) is 16.2 Å². The molecule has 1 aromatic heterocycles. The van der Waals surface area contributed by atoms with Crippen LogP contribution in [0.4, 0.5) is 5.00 Å². The lowest BCUT2D eigenvalue weighted by atomic mass is 9.90. The molecular weight excluding hydrogens is 510 g/mol. The first-order valence-corrected chi connectivity index (χ1v) is 14.7. The number of nitrogens with zero attached hydrogens (tertiary/aromatic N) is 2. The summed E-state index contributed by atoms with van der Waals surface area (Å²) in [6.45, 7) is 6.28. The Hall–Kier alpha value is -3.20. The van der Waals surface area contributed by atoms with Crippen molar-refractivity contribution in [1.82, 2.24) is 9.80 Å². The molecule has 0 bridgehead atoms. The van der Waals surface area contributed by atoms with Crippen molar-refractivity contribution in [3.63, 3.8) is 0 Å². The zero-order valence-electron chi connectivity index (χ0n) is 22.5. The summed E-state index contributed by atoms with van der Waals surface area (Å²) in [7, 11) is 0. The van der Waals surface area contributed by atoms with Crippen LogP contribution in [0.5, 0.6) is 5.75 Å². The fraction of sp³-hybridized carbons (Fsp3) is 0.419. The fourth-order valence-corrected chi connectivity index (χ4v) is 6.70. The predicted molar refractivity (Wildman–Crippen MR) is 155 cm³/mol. The number of ether oxygens (including phenoxy) is 1. The largest absolute Gasteiger partial charge is 0.508 e. The maximum Gasteiger partial charge on any atom is 0.257 e. The van der Waals surface area contributed by atoms with Crippen molar-refractivity contribution in [2.45, 2.75) is 32.6 Å². The number of carbonyl (C=O) groups is 2. The molecule has 0 unspecified atom stereocenters. The lowest BCUT2D eigenvalue weighted by molar-refractivity contribution is -0.117. The molecule has 5 rings (SSSR count). The molecule has 7 nitrogen and oxygen atoms in total. The minimum absolute atomic E-state index is 0.0426. The van der Waals surface area contributed by atoms with E-state index in [-0.39, 0.29) is 11.8 Å². The maximum absolute atomic E-state index is 13.6. The number of aryl methyl sites for hydroxylation is 1. The van der Waals surface area contributed by atoms with Gasteiger partial charge in [-0.05, 0) is 80.4 Å². The average molecular weight is 548 g/mol. The highest BCUT2D eigenvalue weighted by Gasteiger charge is 2.28. The number of hydrogen-bond acceptors (Lipinski definition) is 6. The molecule has 0 spiro atoms. The first kappa shape index (κ1) is 27.4. The van der Waals surface area contributed by atoms with E-state index in [1.54, 1.807) is 12.1 Å². The number of piperidine rings is 1. The lowest BCUT2D eigenvalue weighted by Crippen LogP contribution is -2.41. The molecule has 8 heteroatoms. The summed E-state index contributed by atoms with van der Waals surface area (Å²) in [5, 5.41) is 13.2. The SMILES string of the molecule is Cc1c(-c2ccccc2)sc(NC(=O)CN2CCC(CCc3ccc(O)cc3)CC2)c1C(=O)N1CCOCC1. The number of phenolic OH excluding ortho intramolecular Hbond substituents is 1. The van der Waals surface area contributed by atoms with Crippen LogP contribution in [0.3, 0.4) is 0 Å². The third kappa shape index (κ3) is 6.87. The van der Waals surface area contributed by atoms with Crippen LogP contribution in [0, 0.1) is 12.8 Å². The number of benzene rings is 2. The molecule has 206 valence electrons. The Labute approximate surface area is 234 Å². The van der Waals surface area contributed by atoms with Gasteiger partial charge in [0.15, 0.2) is 0 Å². The van der Waals surface area contributed by atoms with Crippen molar-refractivity contribution in [3.05, 3.63) is 71.3 Å². The molecule has 3 heterocycles. The molecule has 39 heavy (non-hydrogen) atoms. The number of aromatic hydroxyl groups is 1. The van der Waals surface area contributed by atoms with Crippen molar-refractivity contribution >= 4 is 28.2 Å². The van der Waals surface area contributed by atoms with Crippen molar-refractivity contribution in [1.29, 1.82) is 0 Å². The van der Waals surface area contributed by atoms with E-state index in [1.807, 2.05) is 54.3 Å². The predicted octanol–water partition coefficient (Wildman–Crippen LogP) is 5.18. The van der Waals surface area contributed by atoms with Crippen LogP contribution in [-0.4, -0.2) is 72.7 Å². The summed E-state index contributed by atoms with van der Waals surface area (Å²) in [6.07, 6.45) is 4.27. The number of nitrogens with one attached hydrogen (secondary N) is 1. The molecule has 2 aliphatic heterocycles. The van der Waals surface area contributed by atoms with Crippen LogP contribution in [0.15, 0.2) is 54.6 Å². The van der Waals surface area contributed by atoms with E-state index >= 15 is 0 Å². The van der Waals surface area contributed by atoms with E-state index in [4.69, 9.17) is 4.74 Å². The Bertz CT molecular complexity index is 1260. The highest BCUT2D eigenvalue weighted by molar-refractivity contribution is 7.20. The molecular formula is C31H37N3O4S. The Morgan fingerprint density at radius 1 is 1.00 bits per heavy atom. The lowest BCUT2D eigenvalue weighted by Gasteiger charge is -2.31. The molecule has 2 N–H and O–H groups in total. The van der Waals surface area contributed by atoms with Crippen LogP contribution >= 0.6 is 11.3 Å². The third-order valence-electron chi connectivity index (χ3n) is 7.80. The van der Waals surface area contributed by atoms with Gasteiger partial charge in [0.1, 0.15) is 10.8 Å². The van der Waals surface area contributed by atoms with Gasteiger partial charge in [-0.3, -0.25) is 14.5 Å². The molecule has 0 saturated carbocycles. The van der Waals surface area contributed by atoms with Gasteiger partial charge >= 0.3 is 0 Å². The van der Waals surface area contributed by atoms with E-state index in [0.29, 0.717) is 55.1 Å². The molecule has 2 saturated heterocycles. The monoisotopic (exact) mass is 547 g/mol. The second-order valence-electron chi connectivity index (χ2n) is 10.5. The third-order valence-corrected chi connectivity index (χ3v) is 9.06. The van der Waals surface area contributed by atoms with Gasteiger partial charge in [-0.2, -0.15) is 0 Å². The highest BCUT2D eigenvalue weighted by atomic mass is 32.1. The number of thiophene rings is 1. The fourth-order valence-electron chi connectivity index (χ4n) is 5.48. The average Bonchev–Trinajstić information content (AvgIpc) is 3.29. The summed E-state index contributed by atoms with van der Waals surface area (Å²) in [5.41, 5.74) is 3.80. The Balaban J connectivity index is 1.21. The number of amides is 2. The van der Waals surface area contributed by atoms with Gasteiger partial charge < -0.3 is 20.1 Å². The Morgan fingerprint density at radius 2 is 1.69 bits per heavy atom. The quantitative estimate of drug-likeness (QED) is 0.406. The number of anilines is 1. The standard InChI is InChI=1S/C31H37N3O4S/c1-22-28(31(37)34-17-19-38-20-18-34)30(39-29(22)25-5-3-2-4-6-25)32-27(36)21-33-15-13-24(14-16-33)8-7-23-9-11-26(35)12-10-23/h2-6,9-12,24,35H,7-8,13-21H2,1H3,(H,32,36). The molecule has 0 aliphatic carbocycles. The summed E-state index contributed by atoms with van der Waals surface area (Å²) in [5.74, 6) is 0.828. The summed E-state index contributed by atoms with van der Waals surface area (Å²) < 4.78 is 5.44. The zero-order valence-corrected chi connectivity index (χ0v) is 23.3. The Kier molecular flexibility index (Phi) is 8.96. The van der Waals surface area contributed by atoms with Gasteiger partial charge in [-0.1, -0.05) is 42.5 Å². The number of phenols is 1. The van der Waals surface area contributed by atoms with Gasteiger partial charge in [-0.15, -0.1) is 11.3 Å². The van der Waals surface area contributed by atoms with Gasteiger partial charge in [0.05, 0.1) is 25.3 Å². The smallest absolute Gasteiger partial charge is 0.257 e. The van der Waals surface area contributed by atoms with Gasteiger partial charge in [0, 0.05) is 18.0 Å². The van der Waals surface area contributed by atoms with Gasteiger partial charge in [0.2, 0.25) is 5.91 Å². The minimum Gasteiger partial charge on any atom is -0.508 e. The van der Waals surface area contributed by atoms with Crippen molar-refractivity contribution < 1.29 is 19.4 Å². The van der Waals surface area contributed by atoms with Crippen LogP contribution in [0.25, 0.3) is 10.4 Å². The number of hydrogen-bond donors (Lipinski definition) is 2. The molecule has 2 fully saturated rings. The van der Waals surface area contributed by atoms with Crippen LogP contribution in [0.2, 0.25) is 0 Å². The summed E-state index contributed by atoms with van der Waals surface area (Å²) >= 11 is 1.48. The van der Waals surface area contributed by atoms with E-state index < -0.39 is 0 Å². The number of carbonyl (C=O) groups excluding carboxylic acids is 2. The number of rotatable bonds is 8. The van der Waals surface area contributed by atoms with Crippen molar-refractivity contribution in [2.24, 2.45) is 5.92 Å². The Morgan fingerprint density at radius 3 is 2.38 bits per heavy atom. The molecule has 2 aromatic carbocycles.